The average molecular weight is 652 g/mol. The summed E-state index contributed by atoms with van der Waals surface area (Å²) < 4.78 is 0.494. The predicted molar refractivity (Wildman–Crippen MR) is 183 cm³/mol. The molecule has 0 aliphatic carbocycles. The van der Waals surface area contributed by atoms with Crippen LogP contribution in [0.3, 0.4) is 0 Å². The van der Waals surface area contributed by atoms with Gasteiger partial charge in [-0.1, -0.05) is 71.9 Å². The number of nitriles is 2. The quantitative estimate of drug-likeness (QED) is 0.191. The maximum Gasteiger partial charge on any atom is 0.123 e. The number of H-pyrrole nitrogens is 1. The molecule has 2 fully saturated rings. The van der Waals surface area contributed by atoms with Crippen LogP contribution in [0.25, 0.3) is 0 Å². The van der Waals surface area contributed by atoms with E-state index in [-0.39, 0.29) is 4.99 Å². The topological polar surface area (TPSA) is 102 Å². The molecule has 3 heterocycles. The molecule has 43 heavy (non-hydrogen) atoms. The van der Waals surface area contributed by atoms with E-state index in [0.717, 1.165) is 85.2 Å². The van der Waals surface area contributed by atoms with Crippen LogP contribution in [0.1, 0.15) is 12.5 Å². The fraction of sp³-hybridized carbons (Fsp3) is 0.290. The van der Waals surface area contributed by atoms with Gasteiger partial charge in [-0.25, -0.2) is 0 Å². The van der Waals surface area contributed by atoms with Crippen molar-refractivity contribution in [2.24, 2.45) is 5.73 Å². The normalized spacial score (nSPS) is 15.5. The number of aromatic amines is 1. The summed E-state index contributed by atoms with van der Waals surface area (Å²) in [6, 6.07) is 21.9. The number of thiocarbonyl (C=S) groups is 1. The Morgan fingerprint density at radius 3 is 1.70 bits per heavy atom. The van der Waals surface area contributed by atoms with Gasteiger partial charge in [0.25, 0.3) is 0 Å². The lowest BCUT2D eigenvalue weighted by molar-refractivity contribution is 0.321. The number of hydrogen-bond donors (Lipinski definition) is 2. The highest BCUT2D eigenvalue weighted by molar-refractivity contribution is 7.80. The highest BCUT2D eigenvalue weighted by Gasteiger charge is 2.22. The van der Waals surface area contributed by atoms with Gasteiger partial charge in [-0.3, -0.25) is 0 Å². The number of hydrogen-bond acceptors (Lipinski definition) is 8. The summed E-state index contributed by atoms with van der Waals surface area (Å²) >= 11 is 22.6. The monoisotopic (exact) mass is 650 g/mol. The summed E-state index contributed by atoms with van der Waals surface area (Å²) in [5, 5.41) is 20.0. The molecule has 0 unspecified atom stereocenters. The van der Waals surface area contributed by atoms with Crippen molar-refractivity contribution in [3.05, 3.63) is 92.3 Å². The highest BCUT2D eigenvalue weighted by Crippen LogP contribution is 2.29. The second-order valence-corrected chi connectivity index (χ2v) is 11.6. The van der Waals surface area contributed by atoms with Gasteiger partial charge in [0.15, 0.2) is 0 Å². The Morgan fingerprint density at radius 1 is 0.791 bits per heavy atom. The first-order valence-electron chi connectivity index (χ1n) is 13.8. The summed E-state index contributed by atoms with van der Waals surface area (Å²) in [5.41, 5.74) is 10.4. The number of nitrogens with two attached hydrogens (primary N) is 1. The smallest absolute Gasteiger partial charge is 0.123 e. The van der Waals surface area contributed by atoms with E-state index in [1.807, 2.05) is 61.5 Å². The molecule has 5 rings (SSSR count). The third kappa shape index (κ3) is 7.78. The van der Waals surface area contributed by atoms with Gasteiger partial charge < -0.3 is 30.3 Å². The molecule has 2 saturated heterocycles. The number of nitrogens with one attached hydrogen (secondary N) is 1. The van der Waals surface area contributed by atoms with Gasteiger partial charge in [0.1, 0.15) is 32.9 Å². The van der Waals surface area contributed by atoms with Crippen LogP contribution in [0.4, 0.5) is 17.1 Å². The third-order valence-corrected chi connectivity index (χ3v) is 8.70. The van der Waals surface area contributed by atoms with Crippen LogP contribution < -0.4 is 20.4 Å². The summed E-state index contributed by atoms with van der Waals surface area (Å²) in [5.74, 6) is 0. The molecule has 2 aromatic carbocycles. The number of piperazine rings is 2. The molecule has 0 saturated carbocycles. The zero-order chi connectivity index (χ0) is 30.9. The lowest BCUT2D eigenvalue weighted by atomic mass is 10.2. The number of halogens is 2. The fourth-order valence-corrected chi connectivity index (χ4v) is 6.12. The van der Waals surface area contributed by atoms with E-state index in [2.05, 4.69) is 36.7 Å². The Balaban J connectivity index is 0.000000197. The van der Waals surface area contributed by atoms with Crippen LogP contribution in [0.2, 0.25) is 10.0 Å². The minimum atomic E-state index is 0.156. The van der Waals surface area contributed by atoms with Crippen molar-refractivity contribution < 1.29 is 0 Å². The van der Waals surface area contributed by atoms with Crippen molar-refractivity contribution in [3.63, 3.8) is 0 Å². The zero-order valence-electron chi connectivity index (χ0n) is 23.8. The second kappa shape index (κ2) is 15.1. The second-order valence-electron chi connectivity index (χ2n) is 9.97. The van der Waals surface area contributed by atoms with Crippen molar-refractivity contribution in [3.8, 4) is 12.1 Å². The maximum absolute atomic E-state index is 9.31. The standard InChI is InChI=1S/C16H15ClN4S.C15H17ClN4S/c17-13-3-1-2-4-15(13)21-9-7-20(8-10-21)14-5-6-19-16(22)12(14)11-18;1-11(12(10-17)15(18)21)19-6-8-20(9-7-19)14-5-3-2-4-13(14)16/h1-6H,7-10H2,(H,19,22);2-5H,6-9H2,1H3,(H2,18,21)/b;12-11-. The molecule has 2 aliphatic rings. The van der Waals surface area contributed by atoms with Gasteiger partial charge in [0.05, 0.1) is 27.1 Å². The molecule has 8 nitrogen and oxygen atoms in total. The molecule has 3 aromatic rings. The average Bonchev–Trinajstić information content (AvgIpc) is 3.02. The number of benzene rings is 2. The Bertz CT molecular complexity index is 1630. The van der Waals surface area contributed by atoms with Crippen molar-refractivity contribution >= 4 is 69.7 Å². The van der Waals surface area contributed by atoms with E-state index in [4.69, 9.17) is 58.6 Å². The van der Waals surface area contributed by atoms with Gasteiger partial charge in [0.2, 0.25) is 0 Å². The Hall–Kier alpha value is -3.80. The Kier molecular flexibility index (Phi) is 11.3. The van der Waals surface area contributed by atoms with Gasteiger partial charge in [-0.15, -0.1) is 0 Å². The number of allylic oxidation sites excluding steroid dienone is 1. The summed E-state index contributed by atoms with van der Waals surface area (Å²) in [7, 11) is 0. The Morgan fingerprint density at radius 2 is 1.26 bits per heavy atom. The number of para-hydroxylation sites is 2. The van der Waals surface area contributed by atoms with E-state index in [1.165, 1.54) is 0 Å². The molecule has 0 spiro atoms. The van der Waals surface area contributed by atoms with Gasteiger partial charge >= 0.3 is 0 Å². The summed E-state index contributed by atoms with van der Waals surface area (Å²) in [6.07, 6.45) is 1.79. The number of anilines is 3. The fourth-order valence-electron chi connectivity index (χ4n) is 5.20. The number of rotatable bonds is 5. The first-order valence-corrected chi connectivity index (χ1v) is 15.3. The molecule has 0 bridgehead atoms. The van der Waals surface area contributed by atoms with Crippen LogP contribution in [-0.2, 0) is 0 Å². The lowest BCUT2D eigenvalue weighted by Gasteiger charge is -2.38. The minimum Gasteiger partial charge on any atom is -0.389 e. The van der Waals surface area contributed by atoms with E-state index < -0.39 is 0 Å². The molecule has 0 atom stereocenters. The van der Waals surface area contributed by atoms with Crippen LogP contribution >= 0.6 is 47.6 Å². The van der Waals surface area contributed by atoms with Crippen molar-refractivity contribution in [2.75, 3.05) is 67.1 Å². The predicted octanol–water partition coefficient (Wildman–Crippen LogP) is 6.14. The van der Waals surface area contributed by atoms with Crippen LogP contribution in [0, 0.1) is 27.3 Å². The molecule has 222 valence electrons. The SMILES string of the molecule is C/C(=C(\C#N)C(N)=S)N1CCN(c2ccccc2Cl)CC1.N#Cc1c(N2CCN(c3ccccc3Cl)CC2)cc[nH]c1=S. The maximum atomic E-state index is 9.31. The molecule has 0 radical (unpaired) electrons. The third-order valence-electron chi connectivity index (χ3n) is 7.53. The van der Waals surface area contributed by atoms with E-state index in [9.17, 15) is 5.26 Å². The first-order chi connectivity index (χ1) is 20.7. The van der Waals surface area contributed by atoms with E-state index >= 15 is 0 Å². The number of pyridine rings is 1. The van der Waals surface area contributed by atoms with Gasteiger partial charge in [-0.05, 0) is 37.3 Å². The molecule has 1 aromatic heterocycles. The van der Waals surface area contributed by atoms with Crippen LogP contribution in [0.15, 0.2) is 72.1 Å². The Labute approximate surface area is 273 Å². The van der Waals surface area contributed by atoms with Crippen molar-refractivity contribution in [1.82, 2.24) is 9.88 Å². The zero-order valence-corrected chi connectivity index (χ0v) is 26.9. The van der Waals surface area contributed by atoms with Crippen molar-refractivity contribution in [1.29, 1.82) is 10.5 Å². The van der Waals surface area contributed by atoms with Crippen LogP contribution in [0.5, 0.6) is 0 Å². The number of nitrogens with zero attached hydrogens (tertiary/aromatic N) is 6. The molecule has 12 heteroatoms. The summed E-state index contributed by atoms with van der Waals surface area (Å²) in [6.45, 7) is 8.59. The van der Waals surface area contributed by atoms with Crippen molar-refractivity contribution in [2.45, 2.75) is 6.92 Å². The summed E-state index contributed by atoms with van der Waals surface area (Å²) in [4.78, 5) is 11.9. The molecular weight excluding hydrogens is 619 g/mol. The number of aromatic nitrogens is 1. The highest BCUT2D eigenvalue weighted by atomic mass is 35.5. The molecular formula is C31H32Cl2N8S2. The molecule has 3 N–H and O–H groups in total. The lowest BCUT2D eigenvalue weighted by Crippen LogP contribution is -2.46. The minimum absolute atomic E-state index is 0.156. The van der Waals surface area contributed by atoms with E-state index in [1.54, 1.807) is 6.20 Å². The van der Waals surface area contributed by atoms with Gasteiger partial charge in [0, 0.05) is 64.3 Å². The molecule has 0 amide bonds. The largest absolute Gasteiger partial charge is 0.389 e. The molecule has 2 aliphatic heterocycles. The van der Waals surface area contributed by atoms with E-state index in [0.29, 0.717) is 15.8 Å². The van der Waals surface area contributed by atoms with Gasteiger partial charge in [-0.2, -0.15) is 10.5 Å². The van der Waals surface area contributed by atoms with Crippen LogP contribution in [-0.4, -0.2) is 67.2 Å². The first kappa shape index (κ1) is 32.1.